The fourth-order valence-corrected chi connectivity index (χ4v) is 1.29. The normalized spacial score (nSPS) is 12.8. The Morgan fingerprint density at radius 2 is 1.65 bits per heavy atom. The van der Waals surface area contributed by atoms with E-state index in [1.54, 1.807) is 7.11 Å². The van der Waals surface area contributed by atoms with Gasteiger partial charge in [0.05, 0.1) is 12.1 Å². The molecule has 0 rings (SSSR count). The van der Waals surface area contributed by atoms with E-state index in [1.807, 2.05) is 13.8 Å². The molecule has 122 valence electrons. The first kappa shape index (κ1) is 22.2. The van der Waals surface area contributed by atoms with Gasteiger partial charge in [-0.3, -0.25) is 4.99 Å². The Morgan fingerprint density at radius 1 is 1.05 bits per heavy atom. The van der Waals surface area contributed by atoms with E-state index in [-0.39, 0.29) is 35.1 Å². The van der Waals surface area contributed by atoms with Crippen molar-refractivity contribution in [3.8, 4) is 0 Å². The lowest BCUT2D eigenvalue weighted by atomic mass is 10.1. The molecule has 3 N–H and O–H groups in total. The summed E-state index contributed by atoms with van der Waals surface area (Å²) in [5, 5.41) is 9.98. The largest absolute Gasteiger partial charge is 0.377 e. The number of ether oxygens (including phenoxy) is 1. The summed E-state index contributed by atoms with van der Waals surface area (Å²) < 4.78 is 5.36. The number of nitrogens with one attached hydrogen (secondary N) is 3. The zero-order valence-corrected chi connectivity index (χ0v) is 16.4. The Kier molecular flexibility index (Phi) is 11.8. The molecule has 0 radical (unpaired) electrons. The molecule has 0 aliphatic rings. The summed E-state index contributed by atoms with van der Waals surface area (Å²) in [6, 6.07) is 0. The lowest BCUT2D eigenvalue weighted by Crippen LogP contribution is -2.45. The molecule has 0 aliphatic heterocycles. The van der Waals surface area contributed by atoms with Crippen LogP contribution in [0.25, 0.3) is 0 Å². The van der Waals surface area contributed by atoms with Crippen molar-refractivity contribution in [2.45, 2.75) is 52.7 Å². The first-order valence-corrected chi connectivity index (χ1v) is 7.02. The summed E-state index contributed by atoms with van der Waals surface area (Å²) in [5.41, 5.74) is -0.0821. The predicted octanol–water partition coefficient (Wildman–Crippen LogP) is 1.97. The number of halogens is 1. The van der Waals surface area contributed by atoms with E-state index in [9.17, 15) is 0 Å². The standard InChI is InChI=1S/C14H32N4O.HI/c1-8-15-12(17-11-14(5,6)19-7)16-9-10-18-13(2,3)4;/h18H,8-11H2,1-7H3,(H2,15,16,17);1H. The van der Waals surface area contributed by atoms with Crippen LogP contribution >= 0.6 is 24.0 Å². The smallest absolute Gasteiger partial charge is 0.191 e. The van der Waals surface area contributed by atoms with Crippen molar-refractivity contribution in [3.63, 3.8) is 0 Å². The van der Waals surface area contributed by atoms with Crippen LogP contribution in [-0.2, 0) is 4.74 Å². The van der Waals surface area contributed by atoms with Crippen LogP contribution in [0.2, 0.25) is 0 Å². The summed E-state index contributed by atoms with van der Waals surface area (Å²) in [5.74, 6) is 0.836. The highest BCUT2D eigenvalue weighted by Crippen LogP contribution is 2.06. The Bertz CT molecular complexity index is 275. The highest BCUT2D eigenvalue weighted by Gasteiger charge is 2.15. The minimum absolute atomic E-state index is 0. The van der Waals surface area contributed by atoms with Gasteiger partial charge in [-0.2, -0.15) is 0 Å². The molecule has 5 nitrogen and oxygen atoms in total. The van der Waals surface area contributed by atoms with Crippen molar-refractivity contribution in [1.29, 1.82) is 0 Å². The van der Waals surface area contributed by atoms with E-state index in [2.05, 4.69) is 48.6 Å². The minimum Gasteiger partial charge on any atom is -0.377 e. The van der Waals surface area contributed by atoms with Crippen molar-refractivity contribution in [2.75, 3.05) is 33.3 Å². The maximum Gasteiger partial charge on any atom is 0.191 e. The van der Waals surface area contributed by atoms with Gasteiger partial charge in [0, 0.05) is 32.3 Å². The number of guanidine groups is 1. The van der Waals surface area contributed by atoms with Crippen molar-refractivity contribution in [2.24, 2.45) is 4.99 Å². The van der Waals surface area contributed by atoms with Gasteiger partial charge in [0.2, 0.25) is 0 Å². The number of aliphatic imine (C=N–C) groups is 1. The van der Waals surface area contributed by atoms with E-state index >= 15 is 0 Å². The van der Waals surface area contributed by atoms with Gasteiger partial charge < -0.3 is 20.7 Å². The van der Waals surface area contributed by atoms with Crippen LogP contribution in [0.5, 0.6) is 0 Å². The lowest BCUT2D eigenvalue weighted by molar-refractivity contribution is 0.0310. The van der Waals surface area contributed by atoms with E-state index in [4.69, 9.17) is 4.74 Å². The maximum atomic E-state index is 5.36. The molecule has 6 heteroatoms. The Labute approximate surface area is 141 Å². The molecule has 0 saturated heterocycles. The third-order valence-corrected chi connectivity index (χ3v) is 2.59. The third kappa shape index (κ3) is 12.9. The van der Waals surface area contributed by atoms with Crippen LogP contribution in [0.4, 0.5) is 0 Å². The van der Waals surface area contributed by atoms with Crippen molar-refractivity contribution >= 4 is 29.9 Å². The molecule has 0 unspecified atom stereocenters. The molecule has 0 aliphatic carbocycles. The number of hydrogen-bond donors (Lipinski definition) is 3. The molecule has 0 spiro atoms. The van der Waals surface area contributed by atoms with Crippen LogP contribution in [0, 0.1) is 0 Å². The number of methoxy groups -OCH3 is 1. The van der Waals surface area contributed by atoms with E-state index < -0.39 is 0 Å². The lowest BCUT2D eigenvalue weighted by Gasteiger charge is -2.22. The number of nitrogens with zero attached hydrogens (tertiary/aromatic N) is 1. The van der Waals surface area contributed by atoms with Gasteiger partial charge in [0.15, 0.2) is 5.96 Å². The summed E-state index contributed by atoms with van der Waals surface area (Å²) in [4.78, 5) is 4.53. The van der Waals surface area contributed by atoms with Gasteiger partial charge in [-0.25, -0.2) is 0 Å². The molecule has 0 saturated carbocycles. The average Bonchev–Trinajstić information content (AvgIpc) is 2.30. The van der Waals surface area contributed by atoms with Gasteiger partial charge in [-0.15, -0.1) is 24.0 Å². The topological polar surface area (TPSA) is 57.7 Å². The highest BCUT2D eigenvalue weighted by molar-refractivity contribution is 14.0. The fraction of sp³-hybridized carbons (Fsp3) is 0.929. The SMILES string of the molecule is CCNC(=NCC(C)(C)OC)NCCNC(C)(C)C.I. The van der Waals surface area contributed by atoms with Gasteiger partial charge in [-0.1, -0.05) is 0 Å². The van der Waals surface area contributed by atoms with Crippen molar-refractivity contribution in [3.05, 3.63) is 0 Å². The van der Waals surface area contributed by atoms with E-state index in [1.165, 1.54) is 0 Å². The van der Waals surface area contributed by atoms with E-state index in [0.717, 1.165) is 25.6 Å². The van der Waals surface area contributed by atoms with Crippen molar-refractivity contribution in [1.82, 2.24) is 16.0 Å². The monoisotopic (exact) mass is 400 g/mol. The average molecular weight is 400 g/mol. The second-order valence-corrected chi connectivity index (χ2v) is 6.26. The molecule has 0 bridgehead atoms. The van der Waals surface area contributed by atoms with Crippen LogP contribution in [0.15, 0.2) is 4.99 Å². The zero-order chi connectivity index (χ0) is 14.9. The highest BCUT2D eigenvalue weighted by atomic mass is 127. The summed E-state index contributed by atoms with van der Waals surface area (Å²) in [6.07, 6.45) is 0. The first-order chi connectivity index (χ1) is 8.70. The van der Waals surface area contributed by atoms with E-state index in [0.29, 0.717) is 6.54 Å². The van der Waals surface area contributed by atoms with Crippen LogP contribution in [0.1, 0.15) is 41.5 Å². The van der Waals surface area contributed by atoms with Gasteiger partial charge in [0.25, 0.3) is 0 Å². The molecule has 0 fully saturated rings. The molecule has 0 aromatic rings. The fourth-order valence-electron chi connectivity index (χ4n) is 1.29. The van der Waals surface area contributed by atoms with Gasteiger partial charge in [0.1, 0.15) is 0 Å². The maximum absolute atomic E-state index is 5.36. The Balaban J connectivity index is 0. The second kappa shape index (κ2) is 10.6. The summed E-state index contributed by atoms with van der Waals surface area (Å²) in [7, 11) is 1.71. The molecule has 0 amide bonds. The molecule has 0 aromatic carbocycles. The number of hydrogen-bond acceptors (Lipinski definition) is 3. The zero-order valence-electron chi connectivity index (χ0n) is 14.1. The summed E-state index contributed by atoms with van der Waals surface area (Å²) >= 11 is 0. The molecule has 0 aromatic heterocycles. The summed E-state index contributed by atoms with van der Waals surface area (Å²) in [6.45, 7) is 15.8. The Hall–Kier alpha value is -0.0800. The quantitative estimate of drug-likeness (QED) is 0.265. The Morgan fingerprint density at radius 3 is 2.10 bits per heavy atom. The minimum atomic E-state index is -0.230. The van der Waals surface area contributed by atoms with Crippen LogP contribution in [-0.4, -0.2) is 50.4 Å². The first-order valence-electron chi connectivity index (χ1n) is 7.02. The predicted molar refractivity (Wildman–Crippen MR) is 98.2 cm³/mol. The third-order valence-electron chi connectivity index (χ3n) is 2.59. The molecular formula is C14H33IN4O. The number of rotatable bonds is 7. The molecule has 0 atom stereocenters. The second-order valence-electron chi connectivity index (χ2n) is 6.26. The molecule has 20 heavy (non-hydrogen) atoms. The van der Waals surface area contributed by atoms with Crippen LogP contribution < -0.4 is 16.0 Å². The van der Waals surface area contributed by atoms with Gasteiger partial charge >= 0.3 is 0 Å². The van der Waals surface area contributed by atoms with Crippen LogP contribution in [0.3, 0.4) is 0 Å². The molecule has 0 heterocycles. The van der Waals surface area contributed by atoms with Crippen molar-refractivity contribution < 1.29 is 4.74 Å². The molecular weight excluding hydrogens is 367 g/mol. The van der Waals surface area contributed by atoms with Gasteiger partial charge in [-0.05, 0) is 41.5 Å².